The second-order valence-electron chi connectivity index (χ2n) is 7.81. The number of aryl methyl sites for hydroxylation is 1. The molecule has 8 heteroatoms. The van der Waals surface area contributed by atoms with Crippen LogP contribution < -0.4 is 9.80 Å². The predicted molar refractivity (Wildman–Crippen MR) is 116 cm³/mol. The lowest BCUT2D eigenvalue weighted by molar-refractivity contribution is 0.121. The summed E-state index contributed by atoms with van der Waals surface area (Å²) in [6.07, 6.45) is 5.98. The number of morpholine rings is 1. The molecule has 1 atom stereocenters. The van der Waals surface area contributed by atoms with Crippen LogP contribution in [0, 0.1) is 0 Å². The number of imidazole rings is 1. The van der Waals surface area contributed by atoms with Gasteiger partial charge in [0.05, 0.1) is 42.6 Å². The maximum Gasteiger partial charge on any atom is 0.178 e. The lowest BCUT2D eigenvalue weighted by atomic mass is 10.1. The Kier molecular flexibility index (Phi) is 5.26. The lowest BCUT2D eigenvalue weighted by Crippen LogP contribution is -2.36. The van der Waals surface area contributed by atoms with E-state index in [4.69, 9.17) is 19.4 Å². The standard InChI is InChI=1S/C22H28N6O2/c1-3-18-21(16-4-5-20(23-14-16)27-9-7-17(15-27)29-2)28-22(25-18)19(6-8-24-28)26-10-12-30-13-11-26/h4-6,8,14,17H,3,7,9-13,15H2,1-2H3. The van der Waals surface area contributed by atoms with Crippen LogP contribution >= 0.6 is 0 Å². The largest absolute Gasteiger partial charge is 0.380 e. The molecule has 0 N–H and O–H groups in total. The van der Waals surface area contributed by atoms with E-state index < -0.39 is 0 Å². The van der Waals surface area contributed by atoms with E-state index in [1.165, 1.54) is 0 Å². The summed E-state index contributed by atoms with van der Waals surface area (Å²) in [5.74, 6) is 0.993. The van der Waals surface area contributed by atoms with Crippen LogP contribution in [0.1, 0.15) is 19.0 Å². The minimum Gasteiger partial charge on any atom is -0.380 e. The third-order valence-corrected chi connectivity index (χ3v) is 6.08. The van der Waals surface area contributed by atoms with Crippen LogP contribution in [0.15, 0.2) is 30.6 Å². The smallest absolute Gasteiger partial charge is 0.178 e. The molecule has 2 aliphatic heterocycles. The Hall–Kier alpha value is -2.71. The molecule has 0 aliphatic carbocycles. The SMILES string of the molecule is CCc1nc2c(N3CCOCC3)ccnn2c1-c1ccc(N2CCC(OC)C2)nc1. The van der Waals surface area contributed by atoms with Gasteiger partial charge in [-0.2, -0.15) is 5.10 Å². The molecule has 0 aromatic carbocycles. The first kappa shape index (κ1) is 19.3. The predicted octanol–water partition coefficient (Wildman–Crippen LogP) is 2.42. The summed E-state index contributed by atoms with van der Waals surface area (Å²) in [6, 6.07) is 6.28. The summed E-state index contributed by atoms with van der Waals surface area (Å²) in [4.78, 5) is 14.3. The van der Waals surface area contributed by atoms with Gasteiger partial charge in [-0.15, -0.1) is 0 Å². The summed E-state index contributed by atoms with van der Waals surface area (Å²) < 4.78 is 13.0. The highest BCUT2D eigenvalue weighted by Gasteiger charge is 2.24. The minimum absolute atomic E-state index is 0.291. The molecule has 0 saturated carbocycles. The first-order valence-corrected chi connectivity index (χ1v) is 10.7. The van der Waals surface area contributed by atoms with Crippen LogP contribution in [-0.4, -0.2) is 72.2 Å². The van der Waals surface area contributed by atoms with Gasteiger partial charge < -0.3 is 19.3 Å². The number of hydrogen-bond acceptors (Lipinski definition) is 7. The molecule has 0 radical (unpaired) electrons. The summed E-state index contributed by atoms with van der Waals surface area (Å²) >= 11 is 0. The average molecular weight is 409 g/mol. The maximum atomic E-state index is 5.52. The van der Waals surface area contributed by atoms with Crippen molar-refractivity contribution in [3.8, 4) is 11.3 Å². The average Bonchev–Trinajstić information content (AvgIpc) is 3.44. The fourth-order valence-electron chi connectivity index (χ4n) is 4.41. The van der Waals surface area contributed by atoms with Gasteiger partial charge in [-0.1, -0.05) is 6.92 Å². The monoisotopic (exact) mass is 408 g/mol. The van der Waals surface area contributed by atoms with E-state index in [2.05, 4.69) is 40.0 Å². The van der Waals surface area contributed by atoms with Crippen molar-refractivity contribution in [2.45, 2.75) is 25.9 Å². The normalized spacial score (nSPS) is 19.7. The lowest BCUT2D eigenvalue weighted by Gasteiger charge is -2.28. The zero-order valence-corrected chi connectivity index (χ0v) is 17.6. The summed E-state index contributed by atoms with van der Waals surface area (Å²) in [6.45, 7) is 7.24. The third-order valence-electron chi connectivity index (χ3n) is 6.08. The van der Waals surface area contributed by atoms with E-state index >= 15 is 0 Å². The van der Waals surface area contributed by atoms with E-state index in [-0.39, 0.29) is 0 Å². The molecule has 3 aromatic rings. The Morgan fingerprint density at radius 1 is 1.13 bits per heavy atom. The van der Waals surface area contributed by atoms with Crippen molar-refractivity contribution in [2.24, 2.45) is 0 Å². The van der Waals surface area contributed by atoms with Crippen LogP contribution in [-0.2, 0) is 15.9 Å². The Balaban J connectivity index is 1.51. The van der Waals surface area contributed by atoms with E-state index in [1.54, 1.807) is 7.11 Å². The maximum absolute atomic E-state index is 5.52. The zero-order chi connectivity index (χ0) is 20.5. The molecule has 158 valence electrons. The molecule has 0 spiro atoms. The number of anilines is 2. The topological polar surface area (TPSA) is 68.0 Å². The summed E-state index contributed by atoms with van der Waals surface area (Å²) in [7, 11) is 1.78. The number of fused-ring (bicyclic) bond motifs is 1. The van der Waals surface area contributed by atoms with Crippen LogP contribution in [0.3, 0.4) is 0 Å². The minimum atomic E-state index is 0.291. The van der Waals surface area contributed by atoms with Gasteiger partial charge in [-0.25, -0.2) is 14.5 Å². The summed E-state index contributed by atoms with van der Waals surface area (Å²) in [5.41, 5.74) is 5.12. The van der Waals surface area contributed by atoms with Gasteiger partial charge in [-0.3, -0.25) is 0 Å². The number of aromatic nitrogens is 4. The molecular formula is C22H28N6O2. The van der Waals surface area contributed by atoms with Crippen molar-refractivity contribution >= 4 is 17.2 Å². The molecule has 0 bridgehead atoms. The van der Waals surface area contributed by atoms with E-state index in [0.29, 0.717) is 6.10 Å². The molecule has 2 fully saturated rings. The van der Waals surface area contributed by atoms with Gasteiger partial charge in [0.1, 0.15) is 5.82 Å². The van der Waals surface area contributed by atoms with Gasteiger partial charge in [0, 0.05) is 45.0 Å². The van der Waals surface area contributed by atoms with E-state index in [1.807, 2.05) is 16.9 Å². The van der Waals surface area contributed by atoms with Gasteiger partial charge >= 0.3 is 0 Å². The van der Waals surface area contributed by atoms with Crippen molar-refractivity contribution < 1.29 is 9.47 Å². The van der Waals surface area contributed by atoms with Crippen molar-refractivity contribution in [1.29, 1.82) is 0 Å². The molecule has 5 rings (SSSR count). The van der Waals surface area contributed by atoms with Gasteiger partial charge in [0.15, 0.2) is 5.65 Å². The Labute approximate surface area is 176 Å². The molecule has 2 aliphatic rings. The summed E-state index contributed by atoms with van der Waals surface area (Å²) in [5, 5.41) is 4.64. The number of methoxy groups -OCH3 is 1. The second-order valence-corrected chi connectivity index (χ2v) is 7.81. The van der Waals surface area contributed by atoms with Crippen molar-refractivity contribution in [3.05, 3.63) is 36.3 Å². The number of nitrogens with zero attached hydrogens (tertiary/aromatic N) is 6. The Bertz CT molecular complexity index is 1010. The number of hydrogen-bond donors (Lipinski definition) is 0. The molecule has 0 amide bonds. The van der Waals surface area contributed by atoms with Crippen molar-refractivity contribution in [2.75, 3.05) is 56.3 Å². The first-order chi connectivity index (χ1) is 14.8. The Morgan fingerprint density at radius 2 is 2.00 bits per heavy atom. The number of rotatable bonds is 5. The number of ether oxygens (including phenoxy) is 2. The molecular weight excluding hydrogens is 380 g/mol. The molecule has 8 nitrogen and oxygen atoms in total. The van der Waals surface area contributed by atoms with Gasteiger partial charge in [0.2, 0.25) is 0 Å². The van der Waals surface area contributed by atoms with Crippen LogP contribution in [0.4, 0.5) is 11.5 Å². The fourth-order valence-corrected chi connectivity index (χ4v) is 4.41. The van der Waals surface area contributed by atoms with E-state index in [9.17, 15) is 0 Å². The van der Waals surface area contributed by atoms with E-state index in [0.717, 1.165) is 86.3 Å². The van der Waals surface area contributed by atoms with Crippen molar-refractivity contribution in [3.63, 3.8) is 0 Å². The highest BCUT2D eigenvalue weighted by atomic mass is 16.5. The second kappa shape index (κ2) is 8.20. The molecule has 30 heavy (non-hydrogen) atoms. The quantitative estimate of drug-likeness (QED) is 0.642. The van der Waals surface area contributed by atoms with Gasteiger partial charge in [-0.05, 0) is 31.0 Å². The zero-order valence-electron chi connectivity index (χ0n) is 17.6. The fraction of sp³-hybridized carbons (Fsp3) is 0.500. The van der Waals surface area contributed by atoms with Crippen LogP contribution in [0.5, 0.6) is 0 Å². The molecule has 5 heterocycles. The molecule has 2 saturated heterocycles. The van der Waals surface area contributed by atoms with Crippen LogP contribution in [0.25, 0.3) is 16.9 Å². The highest BCUT2D eigenvalue weighted by Crippen LogP contribution is 2.30. The third kappa shape index (κ3) is 3.40. The first-order valence-electron chi connectivity index (χ1n) is 10.7. The van der Waals surface area contributed by atoms with Crippen molar-refractivity contribution in [1.82, 2.24) is 19.6 Å². The van der Waals surface area contributed by atoms with Gasteiger partial charge in [0.25, 0.3) is 0 Å². The Morgan fingerprint density at radius 3 is 2.70 bits per heavy atom. The molecule has 1 unspecified atom stereocenters. The number of pyridine rings is 1. The highest BCUT2D eigenvalue weighted by molar-refractivity contribution is 5.75. The van der Waals surface area contributed by atoms with Crippen LogP contribution in [0.2, 0.25) is 0 Å². The molecule has 3 aromatic heterocycles.